The van der Waals surface area contributed by atoms with Crippen LogP contribution in [0, 0.1) is 6.92 Å². The zero-order valence-electron chi connectivity index (χ0n) is 2.72. The Bertz CT molecular complexity index is 14.4. The second kappa shape index (κ2) is 23.4. The third-order valence-corrected chi connectivity index (χ3v) is 0. The molecule has 0 rings (SSSR count). The minimum Gasteiger partial charge on any atom is -0.245 e. The van der Waals surface area contributed by atoms with Gasteiger partial charge < -0.3 is 0 Å². The molecule has 0 aliphatic rings. The van der Waals surface area contributed by atoms with Crippen molar-refractivity contribution in [2.45, 2.75) is 0 Å². The number of allylic oxidation sites excluding steroid dienone is 1. The molecule has 0 aromatic rings. The standard InChI is InChI=1S/C3H5.ClH.Pt/c1-3-2;;/h3H,1-2H2;1H;/q-1;;. The summed E-state index contributed by atoms with van der Waals surface area (Å²) in [5.41, 5.74) is 0. The van der Waals surface area contributed by atoms with Gasteiger partial charge in [0.25, 0.3) is 0 Å². The monoisotopic (exact) mass is 272 g/mol. The Kier molecular flexibility index (Phi) is 82.3. The van der Waals surface area contributed by atoms with Crippen LogP contribution in [-0.4, -0.2) is 0 Å². The van der Waals surface area contributed by atoms with Crippen molar-refractivity contribution in [1.29, 1.82) is 0 Å². The summed E-state index contributed by atoms with van der Waals surface area (Å²) < 4.78 is 0. The van der Waals surface area contributed by atoms with Crippen LogP contribution in [0.1, 0.15) is 0 Å². The van der Waals surface area contributed by atoms with Crippen LogP contribution in [0.3, 0.4) is 0 Å². The molecule has 0 saturated carbocycles. The molecule has 0 N–H and O–H groups in total. The third-order valence-electron chi connectivity index (χ3n) is 0. The minimum absolute atomic E-state index is 0. The maximum Gasteiger partial charge on any atom is 0 e. The summed E-state index contributed by atoms with van der Waals surface area (Å²) in [6.45, 7) is 6.50. The van der Waals surface area contributed by atoms with Gasteiger partial charge in [-0.3, -0.25) is 0 Å². The van der Waals surface area contributed by atoms with Gasteiger partial charge in [0.15, 0.2) is 0 Å². The van der Waals surface area contributed by atoms with Gasteiger partial charge in [-0.1, -0.05) is 0 Å². The van der Waals surface area contributed by atoms with Gasteiger partial charge in [0.1, 0.15) is 0 Å². The van der Waals surface area contributed by atoms with Gasteiger partial charge in [0, 0.05) is 21.1 Å². The average molecular weight is 273 g/mol. The van der Waals surface area contributed by atoms with E-state index in [4.69, 9.17) is 0 Å². The predicted octanol–water partition coefficient (Wildman–Crippen LogP) is 1.43. The first-order valence-corrected chi connectivity index (χ1v) is 0.816. The normalized spacial score (nSPS) is 2.40. The molecule has 0 aromatic heterocycles. The van der Waals surface area contributed by atoms with Crippen LogP contribution in [0.5, 0.6) is 0 Å². The molecule has 0 fully saturated rings. The zero-order valence-corrected chi connectivity index (χ0v) is 5.80. The van der Waals surface area contributed by atoms with Crippen LogP contribution in [0.25, 0.3) is 0 Å². The molecule has 36 valence electrons. The van der Waals surface area contributed by atoms with E-state index in [1.807, 2.05) is 0 Å². The van der Waals surface area contributed by atoms with Crippen LogP contribution in [0.2, 0.25) is 0 Å². The van der Waals surface area contributed by atoms with Crippen molar-refractivity contribution in [1.82, 2.24) is 0 Å². The van der Waals surface area contributed by atoms with Gasteiger partial charge in [0.05, 0.1) is 0 Å². The Morgan fingerprint density at radius 3 is 1.60 bits per heavy atom. The summed E-state index contributed by atoms with van der Waals surface area (Å²) in [6.07, 6.45) is 1.50. The summed E-state index contributed by atoms with van der Waals surface area (Å²) in [5, 5.41) is 0. The number of hydrogen-bond donors (Lipinski definition) is 0. The molecule has 0 unspecified atom stereocenters. The maximum absolute atomic E-state index is 3.25. The van der Waals surface area contributed by atoms with Crippen molar-refractivity contribution in [2.75, 3.05) is 0 Å². The van der Waals surface area contributed by atoms with Crippen molar-refractivity contribution >= 4 is 12.4 Å². The number of hydrogen-bond acceptors (Lipinski definition) is 0. The van der Waals surface area contributed by atoms with Crippen LogP contribution in [-0.2, 0) is 21.1 Å². The number of halogens is 1. The Labute approximate surface area is 53.3 Å². The van der Waals surface area contributed by atoms with E-state index in [9.17, 15) is 0 Å². The molecule has 0 aliphatic heterocycles. The molecule has 0 radical (unpaired) electrons. The first kappa shape index (κ1) is 17.6. The predicted molar refractivity (Wildman–Crippen MR) is 22.8 cm³/mol. The van der Waals surface area contributed by atoms with E-state index in [1.165, 1.54) is 6.08 Å². The Morgan fingerprint density at radius 1 is 1.60 bits per heavy atom. The summed E-state index contributed by atoms with van der Waals surface area (Å²) in [6, 6.07) is 0. The second-order valence-electron chi connectivity index (χ2n) is 0.289. The Balaban J connectivity index is -0.0000000200. The Morgan fingerprint density at radius 2 is 1.60 bits per heavy atom. The molecule has 2 heteroatoms. The second-order valence-corrected chi connectivity index (χ2v) is 0.289. The van der Waals surface area contributed by atoms with E-state index >= 15 is 0 Å². The fraction of sp³-hybridized carbons (Fsp3) is 0. The molecule has 0 aromatic carbocycles. The van der Waals surface area contributed by atoms with Crippen molar-refractivity contribution in [3.05, 3.63) is 19.6 Å². The fourth-order valence-electron chi connectivity index (χ4n) is 0. The first-order chi connectivity index (χ1) is 1.41. The quantitative estimate of drug-likeness (QED) is 0.585. The average Bonchev–Trinajstić information content (AvgIpc) is 0.918. The topological polar surface area (TPSA) is 0 Å². The largest absolute Gasteiger partial charge is 0.245 e. The van der Waals surface area contributed by atoms with Crippen LogP contribution >= 0.6 is 12.4 Å². The van der Waals surface area contributed by atoms with E-state index < -0.39 is 0 Å². The van der Waals surface area contributed by atoms with E-state index in [0.717, 1.165) is 0 Å². The minimum atomic E-state index is 0. The summed E-state index contributed by atoms with van der Waals surface area (Å²) in [5.74, 6) is 0. The Hall–Kier alpha value is 0.588. The molecule has 5 heavy (non-hydrogen) atoms. The van der Waals surface area contributed by atoms with Gasteiger partial charge in [-0.2, -0.15) is 0 Å². The molecule has 0 saturated heterocycles. The van der Waals surface area contributed by atoms with Crippen LogP contribution < -0.4 is 0 Å². The number of rotatable bonds is 0. The zero-order chi connectivity index (χ0) is 2.71. The smallest absolute Gasteiger partial charge is 0 e. The van der Waals surface area contributed by atoms with Crippen molar-refractivity contribution in [3.8, 4) is 0 Å². The molecular weight excluding hydrogens is 267 g/mol. The van der Waals surface area contributed by atoms with E-state index in [1.54, 1.807) is 0 Å². The maximum atomic E-state index is 3.25. The van der Waals surface area contributed by atoms with E-state index in [2.05, 4.69) is 13.5 Å². The molecule has 0 amide bonds. The first-order valence-electron chi connectivity index (χ1n) is 0.816. The summed E-state index contributed by atoms with van der Waals surface area (Å²) in [4.78, 5) is 0. The van der Waals surface area contributed by atoms with Gasteiger partial charge in [0.2, 0.25) is 0 Å². The third kappa shape index (κ3) is 88.8. The fourth-order valence-corrected chi connectivity index (χ4v) is 0. The van der Waals surface area contributed by atoms with Crippen LogP contribution in [0.4, 0.5) is 0 Å². The molecule has 0 nitrogen and oxygen atoms in total. The SMILES string of the molecule is C=C[CH2-].Cl.[Pt]. The van der Waals surface area contributed by atoms with Gasteiger partial charge in [-0.05, 0) is 0 Å². The van der Waals surface area contributed by atoms with Crippen molar-refractivity contribution in [3.63, 3.8) is 0 Å². The van der Waals surface area contributed by atoms with Crippen molar-refractivity contribution < 1.29 is 21.1 Å². The molecular formula is C3H6ClPt-. The molecule has 0 spiro atoms. The van der Waals surface area contributed by atoms with Gasteiger partial charge >= 0.3 is 0 Å². The molecule has 0 atom stereocenters. The molecule has 0 heterocycles. The van der Waals surface area contributed by atoms with Crippen LogP contribution in [0.15, 0.2) is 12.7 Å². The molecule has 0 aliphatic carbocycles. The van der Waals surface area contributed by atoms with E-state index in [0.29, 0.717) is 0 Å². The van der Waals surface area contributed by atoms with Gasteiger partial charge in [-0.15, -0.1) is 12.4 Å². The summed E-state index contributed by atoms with van der Waals surface area (Å²) in [7, 11) is 0. The van der Waals surface area contributed by atoms with E-state index in [-0.39, 0.29) is 33.5 Å². The summed E-state index contributed by atoms with van der Waals surface area (Å²) >= 11 is 0. The van der Waals surface area contributed by atoms with Gasteiger partial charge in [-0.25, -0.2) is 19.6 Å². The molecule has 0 bridgehead atoms. The van der Waals surface area contributed by atoms with Crippen molar-refractivity contribution in [2.24, 2.45) is 0 Å².